The van der Waals surface area contributed by atoms with E-state index in [0.29, 0.717) is 5.56 Å². The largest absolute Gasteiger partial charge is 0.444 e. The van der Waals surface area contributed by atoms with Gasteiger partial charge in [0.05, 0.1) is 5.56 Å². The van der Waals surface area contributed by atoms with Gasteiger partial charge in [-0.3, -0.25) is 0 Å². The number of terminal acetylenes is 1. The van der Waals surface area contributed by atoms with Crippen LogP contribution in [0.15, 0.2) is 18.2 Å². The van der Waals surface area contributed by atoms with Crippen LogP contribution >= 0.6 is 0 Å². The van der Waals surface area contributed by atoms with Crippen LogP contribution in [0.4, 0.5) is 9.18 Å². The minimum atomic E-state index is -0.567. The van der Waals surface area contributed by atoms with Gasteiger partial charge in [0, 0.05) is 12.6 Å². The molecule has 0 saturated heterocycles. The normalized spacial score (nSPS) is 11.1. The summed E-state index contributed by atoms with van der Waals surface area (Å²) in [7, 11) is 0. The van der Waals surface area contributed by atoms with Gasteiger partial charge in [-0.1, -0.05) is 12.0 Å². The molecule has 0 aliphatic carbocycles. The van der Waals surface area contributed by atoms with Crippen molar-refractivity contribution in [2.24, 2.45) is 0 Å². The van der Waals surface area contributed by atoms with Gasteiger partial charge in [-0.25, -0.2) is 9.18 Å². The maximum atomic E-state index is 13.7. The summed E-state index contributed by atoms with van der Waals surface area (Å²) in [6.45, 7) is 9.47. The zero-order valence-electron chi connectivity index (χ0n) is 13.2. The van der Waals surface area contributed by atoms with Crippen molar-refractivity contribution in [1.82, 2.24) is 4.90 Å². The van der Waals surface area contributed by atoms with Gasteiger partial charge < -0.3 is 9.64 Å². The molecule has 0 atom stereocenters. The van der Waals surface area contributed by atoms with Crippen LogP contribution in [0.5, 0.6) is 0 Å². The lowest BCUT2D eigenvalue weighted by atomic mass is 10.1. The fourth-order valence-corrected chi connectivity index (χ4v) is 1.75. The van der Waals surface area contributed by atoms with E-state index in [9.17, 15) is 9.18 Å². The molecule has 0 aromatic heterocycles. The molecule has 0 bridgehead atoms. The highest BCUT2D eigenvalue weighted by Gasteiger charge is 2.24. The SMILES string of the molecule is C#Cc1ccc(CN(C(=O)OC(C)(C)C)C(C)C)cc1F. The molecule has 0 spiro atoms. The molecule has 0 saturated carbocycles. The molecule has 0 aliphatic heterocycles. The molecule has 1 amide bonds. The molecule has 3 nitrogen and oxygen atoms in total. The molecule has 21 heavy (non-hydrogen) atoms. The fourth-order valence-electron chi connectivity index (χ4n) is 1.75. The molecule has 114 valence electrons. The van der Waals surface area contributed by atoms with Crippen molar-refractivity contribution in [2.75, 3.05) is 0 Å². The molecule has 0 heterocycles. The summed E-state index contributed by atoms with van der Waals surface area (Å²) >= 11 is 0. The minimum Gasteiger partial charge on any atom is -0.444 e. The van der Waals surface area contributed by atoms with Crippen LogP contribution in [0.2, 0.25) is 0 Å². The third-order valence-corrected chi connectivity index (χ3v) is 2.79. The predicted molar refractivity (Wildman–Crippen MR) is 81.2 cm³/mol. The Morgan fingerprint density at radius 3 is 2.48 bits per heavy atom. The Hall–Kier alpha value is -2.02. The van der Waals surface area contributed by atoms with Crippen molar-refractivity contribution in [3.8, 4) is 12.3 Å². The molecule has 1 aromatic rings. The number of nitrogens with zero attached hydrogens (tertiary/aromatic N) is 1. The van der Waals surface area contributed by atoms with E-state index in [-0.39, 0.29) is 18.2 Å². The third kappa shape index (κ3) is 5.11. The van der Waals surface area contributed by atoms with E-state index in [0.717, 1.165) is 0 Å². The highest BCUT2D eigenvalue weighted by Crippen LogP contribution is 2.17. The van der Waals surface area contributed by atoms with Crippen LogP contribution < -0.4 is 0 Å². The summed E-state index contributed by atoms with van der Waals surface area (Å²) < 4.78 is 19.1. The van der Waals surface area contributed by atoms with Crippen LogP contribution in [-0.4, -0.2) is 22.6 Å². The van der Waals surface area contributed by atoms with E-state index in [1.54, 1.807) is 11.0 Å². The molecule has 0 radical (unpaired) electrons. The highest BCUT2D eigenvalue weighted by atomic mass is 19.1. The molecule has 0 N–H and O–H groups in total. The number of halogens is 1. The van der Waals surface area contributed by atoms with Crippen LogP contribution in [0, 0.1) is 18.2 Å². The first-order valence-electron chi connectivity index (χ1n) is 6.88. The molecule has 4 heteroatoms. The average molecular weight is 291 g/mol. The van der Waals surface area contributed by atoms with Crippen molar-refractivity contribution < 1.29 is 13.9 Å². The molecule has 0 fully saturated rings. The fraction of sp³-hybridized carbons (Fsp3) is 0.471. The Balaban J connectivity index is 2.92. The van der Waals surface area contributed by atoms with E-state index in [2.05, 4.69) is 5.92 Å². The first-order chi connectivity index (χ1) is 9.64. The second-order valence-corrected chi connectivity index (χ2v) is 6.16. The number of carbonyl (C=O) groups excluding carboxylic acids is 1. The first kappa shape index (κ1) is 17.0. The second-order valence-electron chi connectivity index (χ2n) is 6.16. The van der Waals surface area contributed by atoms with Gasteiger partial charge in [0.2, 0.25) is 0 Å². The lowest BCUT2D eigenvalue weighted by Crippen LogP contribution is -2.40. The number of amides is 1. The predicted octanol–water partition coefficient (Wildman–Crippen LogP) is 3.95. The zero-order chi connectivity index (χ0) is 16.2. The summed E-state index contributed by atoms with van der Waals surface area (Å²) in [5, 5.41) is 0. The van der Waals surface area contributed by atoms with Crippen molar-refractivity contribution in [3.05, 3.63) is 35.1 Å². The molecule has 0 aliphatic rings. The van der Waals surface area contributed by atoms with Crippen LogP contribution in [0.3, 0.4) is 0 Å². The standard InChI is InChI=1S/C17H22FNO2/c1-7-14-9-8-13(10-15(14)18)11-19(12(2)3)16(20)21-17(4,5)6/h1,8-10,12H,11H2,2-6H3. The Kier molecular flexibility index (Phi) is 5.37. The topological polar surface area (TPSA) is 29.5 Å². The minimum absolute atomic E-state index is 0.0600. The van der Waals surface area contributed by atoms with E-state index in [1.807, 2.05) is 34.6 Å². The van der Waals surface area contributed by atoms with Gasteiger partial charge in [-0.2, -0.15) is 0 Å². The third-order valence-electron chi connectivity index (χ3n) is 2.79. The summed E-state index contributed by atoms with van der Waals surface area (Å²) in [6.07, 6.45) is 4.78. The lowest BCUT2D eigenvalue weighted by molar-refractivity contribution is 0.0172. The van der Waals surface area contributed by atoms with Crippen LogP contribution in [0.25, 0.3) is 0 Å². The number of benzene rings is 1. The van der Waals surface area contributed by atoms with E-state index in [4.69, 9.17) is 11.2 Å². The van der Waals surface area contributed by atoms with Crippen molar-refractivity contribution in [3.63, 3.8) is 0 Å². The average Bonchev–Trinajstić information content (AvgIpc) is 2.33. The molecular formula is C17H22FNO2. The van der Waals surface area contributed by atoms with E-state index < -0.39 is 17.5 Å². The Bertz CT molecular complexity index is 553. The maximum Gasteiger partial charge on any atom is 0.410 e. The summed E-state index contributed by atoms with van der Waals surface area (Å²) in [5.41, 5.74) is 0.321. The van der Waals surface area contributed by atoms with Gasteiger partial charge >= 0.3 is 6.09 Å². The number of ether oxygens (including phenoxy) is 1. The monoisotopic (exact) mass is 291 g/mol. The lowest BCUT2D eigenvalue weighted by Gasteiger charge is -2.30. The van der Waals surface area contributed by atoms with Crippen molar-refractivity contribution in [2.45, 2.75) is 52.8 Å². The maximum absolute atomic E-state index is 13.7. The van der Waals surface area contributed by atoms with Crippen molar-refractivity contribution in [1.29, 1.82) is 0 Å². The second kappa shape index (κ2) is 6.62. The number of rotatable bonds is 3. The van der Waals surface area contributed by atoms with Crippen LogP contribution in [0.1, 0.15) is 45.7 Å². The number of hydrogen-bond acceptors (Lipinski definition) is 2. The number of carbonyl (C=O) groups is 1. The smallest absolute Gasteiger partial charge is 0.410 e. The van der Waals surface area contributed by atoms with Gasteiger partial charge in [0.1, 0.15) is 11.4 Å². The number of hydrogen-bond donors (Lipinski definition) is 0. The van der Waals surface area contributed by atoms with E-state index in [1.165, 1.54) is 12.1 Å². The summed E-state index contributed by atoms with van der Waals surface area (Å²) in [6, 6.07) is 4.56. The van der Waals surface area contributed by atoms with Gasteiger partial charge in [-0.05, 0) is 52.3 Å². The summed E-state index contributed by atoms with van der Waals surface area (Å²) in [4.78, 5) is 13.7. The van der Waals surface area contributed by atoms with Crippen molar-refractivity contribution >= 4 is 6.09 Å². The zero-order valence-corrected chi connectivity index (χ0v) is 13.2. The molecular weight excluding hydrogens is 269 g/mol. The molecule has 0 unspecified atom stereocenters. The molecule has 1 rings (SSSR count). The van der Waals surface area contributed by atoms with Gasteiger partial charge in [-0.15, -0.1) is 6.42 Å². The Morgan fingerprint density at radius 2 is 2.05 bits per heavy atom. The highest BCUT2D eigenvalue weighted by molar-refractivity contribution is 5.68. The quantitative estimate of drug-likeness (QED) is 0.789. The van der Waals surface area contributed by atoms with Gasteiger partial charge in [0.25, 0.3) is 0 Å². The Morgan fingerprint density at radius 1 is 1.43 bits per heavy atom. The Labute approximate surface area is 126 Å². The van der Waals surface area contributed by atoms with E-state index >= 15 is 0 Å². The van der Waals surface area contributed by atoms with Gasteiger partial charge in [0.15, 0.2) is 0 Å². The molecule has 1 aromatic carbocycles. The van der Waals surface area contributed by atoms with Crippen LogP contribution in [-0.2, 0) is 11.3 Å². The summed E-state index contributed by atoms with van der Waals surface area (Å²) in [5.74, 6) is 1.82. The first-order valence-corrected chi connectivity index (χ1v) is 6.88.